The van der Waals surface area contributed by atoms with Crippen molar-refractivity contribution in [3.63, 3.8) is 0 Å². The summed E-state index contributed by atoms with van der Waals surface area (Å²) in [5, 5.41) is 5.81. The lowest BCUT2D eigenvalue weighted by atomic mass is 10.2. The molecule has 28 heavy (non-hydrogen) atoms. The molecular weight excluding hydrogens is 378 g/mol. The number of thiazole rings is 1. The fourth-order valence-electron chi connectivity index (χ4n) is 3.09. The van der Waals surface area contributed by atoms with E-state index in [9.17, 15) is 4.79 Å². The van der Waals surface area contributed by atoms with Crippen molar-refractivity contribution in [2.75, 3.05) is 13.2 Å². The second-order valence-corrected chi connectivity index (χ2v) is 7.95. The van der Waals surface area contributed by atoms with E-state index < -0.39 is 5.79 Å². The number of aromatic nitrogens is 4. The third-order valence-electron chi connectivity index (χ3n) is 4.37. The molecule has 4 heterocycles. The van der Waals surface area contributed by atoms with Gasteiger partial charge in [0.1, 0.15) is 17.3 Å². The number of carbonyl (C=O) groups excluding carboxylic acids is 1. The average Bonchev–Trinajstić information content (AvgIpc) is 3.43. The molecule has 8 nitrogen and oxygen atoms in total. The molecule has 0 bridgehead atoms. The minimum atomic E-state index is -0.628. The van der Waals surface area contributed by atoms with Gasteiger partial charge in [-0.2, -0.15) is 0 Å². The van der Waals surface area contributed by atoms with Crippen molar-refractivity contribution < 1.29 is 19.0 Å². The molecule has 0 aliphatic carbocycles. The van der Waals surface area contributed by atoms with Crippen LogP contribution in [0, 0.1) is 0 Å². The summed E-state index contributed by atoms with van der Waals surface area (Å²) in [6.07, 6.45) is 6.82. The van der Waals surface area contributed by atoms with Crippen LogP contribution in [-0.2, 0) is 16.0 Å². The molecule has 1 N–H and O–H groups in total. The fraction of sp³-hybridized carbons (Fsp3) is 0.368. The third-order valence-corrected chi connectivity index (χ3v) is 5.14. The first-order valence-electron chi connectivity index (χ1n) is 9.01. The zero-order valence-corrected chi connectivity index (χ0v) is 16.6. The minimum absolute atomic E-state index is 0.112. The Morgan fingerprint density at radius 1 is 1.43 bits per heavy atom. The Morgan fingerprint density at radius 3 is 2.93 bits per heavy atom. The minimum Gasteiger partial charge on any atom is -0.348 e. The summed E-state index contributed by atoms with van der Waals surface area (Å²) in [5.74, 6) is -0.0295. The normalized spacial score (nSPS) is 18.3. The molecule has 4 rings (SSSR count). The Bertz CT molecular complexity index is 910. The Hall–Kier alpha value is -2.62. The van der Waals surface area contributed by atoms with E-state index in [1.54, 1.807) is 28.0 Å². The van der Waals surface area contributed by atoms with Gasteiger partial charge < -0.3 is 14.4 Å². The number of aromatic amines is 1. The molecule has 0 spiro atoms. The van der Waals surface area contributed by atoms with E-state index >= 15 is 0 Å². The fourth-order valence-corrected chi connectivity index (χ4v) is 3.72. The van der Waals surface area contributed by atoms with Gasteiger partial charge in [0.15, 0.2) is 12.0 Å². The highest BCUT2D eigenvalue weighted by molar-refractivity contribution is 7.09. The number of ether oxygens (including phenoxy) is 2. The summed E-state index contributed by atoms with van der Waals surface area (Å²) in [7, 11) is 0. The third kappa shape index (κ3) is 4.27. The van der Waals surface area contributed by atoms with Crippen molar-refractivity contribution >= 4 is 17.2 Å². The summed E-state index contributed by atoms with van der Waals surface area (Å²) in [6.45, 7) is 5.05. The maximum Gasteiger partial charge on any atom is 0.346 e. The van der Waals surface area contributed by atoms with Crippen LogP contribution in [-0.4, -0.2) is 50.9 Å². The largest absolute Gasteiger partial charge is 0.348 e. The lowest BCUT2D eigenvalue weighted by Gasteiger charge is -2.25. The van der Waals surface area contributed by atoms with Crippen molar-refractivity contribution in [1.29, 1.82) is 0 Å². The monoisotopic (exact) mass is 400 g/mol. The Morgan fingerprint density at radius 2 is 2.32 bits per heavy atom. The molecule has 1 aliphatic rings. The van der Waals surface area contributed by atoms with Gasteiger partial charge in [-0.25, -0.2) is 10.1 Å². The van der Waals surface area contributed by atoms with E-state index in [0.717, 1.165) is 5.01 Å². The number of carbonyl (C=O) groups is 1. The molecule has 0 radical (unpaired) electrons. The first kappa shape index (κ1) is 18.7. The van der Waals surface area contributed by atoms with Gasteiger partial charge in [-0.05, 0) is 31.0 Å². The Kier molecular flexibility index (Phi) is 5.21. The molecule has 0 unspecified atom stereocenters. The van der Waals surface area contributed by atoms with E-state index in [1.165, 1.54) is 11.3 Å². The van der Waals surface area contributed by atoms with E-state index in [2.05, 4.69) is 15.1 Å². The zero-order chi connectivity index (χ0) is 19.6. The second-order valence-electron chi connectivity index (χ2n) is 6.97. The van der Waals surface area contributed by atoms with Crippen LogP contribution in [0.25, 0.3) is 5.82 Å². The number of nitrogens with zero attached hydrogens (tertiary/aromatic N) is 4. The van der Waals surface area contributed by atoms with Crippen LogP contribution in [0.1, 0.15) is 29.2 Å². The second kappa shape index (κ2) is 7.78. The summed E-state index contributed by atoms with van der Waals surface area (Å²) in [5.41, 5.74) is 0.519. The van der Waals surface area contributed by atoms with Crippen molar-refractivity contribution in [3.8, 4) is 5.82 Å². The number of H-pyrrole nitrogens is 1. The van der Waals surface area contributed by atoms with Crippen LogP contribution in [0.3, 0.4) is 0 Å². The SMILES string of the molecule is CC1(C)OC[C@H](CN(Cc2nccs2)C(=O)c2ccc(-[n+]3ccc[nH]3)nc2)O1. The molecule has 0 aromatic carbocycles. The van der Waals surface area contributed by atoms with Gasteiger partial charge in [0, 0.05) is 23.8 Å². The van der Waals surface area contributed by atoms with Crippen LogP contribution in [0.4, 0.5) is 0 Å². The molecule has 3 aromatic rings. The Balaban J connectivity index is 1.52. The lowest BCUT2D eigenvalue weighted by Crippen LogP contribution is -2.39. The average molecular weight is 400 g/mol. The number of rotatable bonds is 6. The molecule has 9 heteroatoms. The van der Waals surface area contributed by atoms with Crippen molar-refractivity contribution in [1.82, 2.24) is 20.0 Å². The highest BCUT2D eigenvalue weighted by Crippen LogP contribution is 2.24. The number of nitrogens with one attached hydrogen (secondary N) is 1. The quantitative estimate of drug-likeness (QED) is 0.639. The maximum atomic E-state index is 13.2. The van der Waals surface area contributed by atoms with Gasteiger partial charge in [-0.3, -0.25) is 4.79 Å². The van der Waals surface area contributed by atoms with Crippen molar-refractivity contribution in [2.45, 2.75) is 32.3 Å². The topological polar surface area (TPSA) is 84.2 Å². The molecule has 3 aromatic heterocycles. The molecule has 1 atom stereocenters. The van der Waals surface area contributed by atoms with Crippen molar-refractivity contribution in [3.05, 3.63) is 58.9 Å². The first-order valence-corrected chi connectivity index (χ1v) is 9.89. The predicted molar refractivity (Wildman–Crippen MR) is 102 cm³/mol. The molecule has 1 aliphatic heterocycles. The molecule has 1 fully saturated rings. The van der Waals surface area contributed by atoms with Gasteiger partial charge >= 0.3 is 5.82 Å². The first-order chi connectivity index (χ1) is 13.5. The van der Waals surface area contributed by atoms with Gasteiger partial charge in [-0.15, -0.1) is 16.0 Å². The molecular formula is C19H22N5O3S+. The van der Waals surface area contributed by atoms with E-state index in [1.807, 2.05) is 43.8 Å². The van der Waals surface area contributed by atoms with Crippen LogP contribution in [0.2, 0.25) is 0 Å². The van der Waals surface area contributed by atoms with Gasteiger partial charge in [-0.1, -0.05) is 0 Å². The van der Waals surface area contributed by atoms with E-state index in [-0.39, 0.29) is 12.0 Å². The highest BCUT2D eigenvalue weighted by Gasteiger charge is 2.35. The molecule has 1 amide bonds. The summed E-state index contributed by atoms with van der Waals surface area (Å²) < 4.78 is 13.3. The van der Waals surface area contributed by atoms with Gasteiger partial charge in [0.2, 0.25) is 0 Å². The van der Waals surface area contributed by atoms with E-state index in [4.69, 9.17) is 9.47 Å². The maximum absolute atomic E-state index is 13.2. The standard InChI is InChI=1S/C19H21N5O3S/c1-19(2)26-13-15(27-19)11-23(12-17-20-7-9-28-17)18(25)14-4-5-16(21-10-14)24-8-3-6-22-24/h3-10,15H,11-13H2,1-2H3/p+1/t15-/m0/s1. The van der Waals surface area contributed by atoms with Crippen LogP contribution in [0.5, 0.6) is 0 Å². The Labute approximate surface area is 166 Å². The lowest BCUT2D eigenvalue weighted by molar-refractivity contribution is -0.658. The molecule has 0 saturated carbocycles. The summed E-state index contributed by atoms with van der Waals surface area (Å²) in [6, 6.07) is 5.47. The van der Waals surface area contributed by atoms with Crippen LogP contribution >= 0.6 is 11.3 Å². The summed E-state index contributed by atoms with van der Waals surface area (Å²) in [4.78, 5) is 23.6. The smallest absolute Gasteiger partial charge is 0.346 e. The van der Waals surface area contributed by atoms with Gasteiger partial charge in [0.05, 0.1) is 25.3 Å². The zero-order valence-electron chi connectivity index (χ0n) is 15.7. The number of amides is 1. The number of hydrogen-bond acceptors (Lipinski definition) is 6. The van der Waals surface area contributed by atoms with Crippen molar-refractivity contribution in [2.24, 2.45) is 0 Å². The molecule has 1 saturated heterocycles. The number of pyridine rings is 1. The van der Waals surface area contributed by atoms with Gasteiger partial charge in [0.25, 0.3) is 5.91 Å². The highest BCUT2D eigenvalue weighted by atomic mass is 32.1. The summed E-state index contributed by atoms with van der Waals surface area (Å²) >= 11 is 1.52. The number of hydrogen-bond donors (Lipinski definition) is 1. The molecule has 146 valence electrons. The predicted octanol–water partition coefficient (Wildman–Crippen LogP) is 1.94. The van der Waals surface area contributed by atoms with Crippen LogP contribution < -0.4 is 4.68 Å². The van der Waals surface area contributed by atoms with E-state index in [0.29, 0.717) is 31.1 Å². The van der Waals surface area contributed by atoms with Crippen LogP contribution in [0.15, 0.2) is 48.4 Å².